The van der Waals surface area contributed by atoms with Crippen molar-refractivity contribution in [2.24, 2.45) is 5.10 Å². The number of rotatable bonds is 4. The quantitative estimate of drug-likeness (QED) is 0.532. The zero-order valence-corrected chi connectivity index (χ0v) is 7.33. The van der Waals surface area contributed by atoms with Gasteiger partial charge in [0.25, 0.3) is 0 Å². The van der Waals surface area contributed by atoms with E-state index in [1.165, 1.54) is 5.56 Å². The molecule has 0 aliphatic rings. The first kappa shape index (κ1) is 8.78. The van der Waals surface area contributed by atoms with Gasteiger partial charge in [-0.15, -0.1) is 0 Å². The van der Waals surface area contributed by atoms with Crippen LogP contribution in [0.1, 0.15) is 18.9 Å². The van der Waals surface area contributed by atoms with Gasteiger partial charge in [0.15, 0.2) is 0 Å². The zero-order valence-electron chi connectivity index (χ0n) is 7.33. The van der Waals surface area contributed by atoms with Gasteiger partial charge in [0.2, 0.25) is 0 Å². The highest BCUT2D eigenvalue weighted by Crippen LogP contribution is 1.96. The Hall–Kier alpha value is -1.31. The van der Waals surface area contributed by atoms with Gasteiger partial charge >= 0.3 is 0 Å². The van der Waals surface area contributed by atoms with Gasteiger partial charge < -0.3 is 5.43 Å². The molecule has 12 heavy (non-hydrogen) atoms. The fourth-order valence-electron chi connectivity index (χ4n) is 0.889. The summed E-state index contributed by atoms with van der Waals surface area (Å²) in [4.78, 5) is 0. The lowest BCUT2D eigenvalue weighted by molar-refractivity contribution is 0.745. The minimum absolute atomic E-state index is 0.803. The smallest absolute Gasteiger partial charge is 0.0579 e. The number of nitrogens with one attached hydrogen (secondary N) is 1. The molecule has 0 amide bonds. The van der Waals surface area contributed by atoms with Crippen molar-refractivity contribution < 1.29 is 0 Å². The molecule has 1 aromatic carbocycles. The second kappa shape index (κ2) is 5.35. The van der Waals surface area contributed by atoms with Crippen LogP contribution < -0.4 is 5.43 Å². The average Bonchev–Trinajstić information content (AvgIpc) is 2.14. The minimum atomic E-state index is 0.803. The molecule has 0 atom stereocenters. The molecule has 0 unspecified atom stereocenters. The maximum atomic E-state index is 4.01. The first-order valence-electron chi connectivity index (χ1n) is 4.21. The highest BCUT2D eigenvalue weighted by Gasteiger charge is 1.85. The molecule has 2 nitrogen and oxygen atoms in total. The van der Waals surface area contributed by atoms with E-state index in [4.69, 9.17) is 0 Å². The maximum absolute atomic E-state index is 4.01. The van der Waals surface area contributed by atoms with Gasteiger partial charge in [0, 0.05) is 6.21 Å². The summed E-state index contributed by atoms with van der Waals surface area (Å²) in [5, 5.41) is 4.01. The van der Waals surface area contributed by atoms with E-state index in [0.717, 1.165) is 13.0 Å². The lowest BCUT2D eigenvalue weighted by Crippen LogP contribution is -2.04. The van der Waals surface area contributed by atoms with E-state index < -0.39 is 0 Å². The van der Waals surface area contributed by atoms with Crippen LogP contribution in [0.15, 0.2) is 35.4 Å². The molecule has 0 fully saturated rings. The molecule has 0 saturated heterocycles. The fraction of sp³-hybridized carbons (Fsp3) is 0.300. The molecule has 0 aliphatic carbocycles. The SMILES string of the molecule is CCC=NNCc1ccccc1. The van der Waals surface area contributed by atoms with Crippen LogP contribution in [-0.2, 0) is 6.54 Å². The molecule has 1 N–H and O–H groups in total. The van der Waals surface area contributed by atoms with Crippen LogP contribution in [0.25, 0.3) is 0 Å². The Bertz CT molecular complexity index is 229. The second-order valence-electron chi connectivity index (χ2n) is 2.54. The average molecular weight is 162 g/mol. The van der Waals surface area contributed by atoms with Crippen molar-refractivity contribution >= 4 is 6.21 Å². The monoisotopic (exact) mass is 162 g/mol. The summed E-state index contributed by atoms with van der Waals surface area (Å²) in [5.74, 6) is 0. The van der Waals surface area contributed by atoms with Gasteiger partial charge in [-0.25, -0.2) is 0 Å². The molecular weight excluding hydrogens is 148 g/mol. The molecule has 64 valence electrons. The predicted molar refractivity (Wildman–Crippen MR) is 52.1 cm³/mol. The molecule has 0 spiro atoms. The van der Waals surface area contributed by atoms with Crippen molar-refractivity contribution in [3.63, 3.8) is 0 Å². The van der Waals surface area contributed by atoms with Gasteiger partial charge in [-0.3, -0.25) is 0 Å². The van der Waals surface area contributed by atoms with Crippen LogP contribution in [-0.4, -0.2) is 6.21 Å². The standard InChI is InChI=1S/C10H14N2/c1-2-8-11-12-9-10-6-4-3-5-7-10/h3-8,12H,2,9H2,1H3. The van der Waals surface area contributed by atoms with Crippen LogP contribution in [0.5, 0.6) is 0 Å². The third kappa shape index (κ3) is 3.19. The van der Waals surface area contributed by atoms with Crippen molar-refractivity contribution in [1.82, 2.24) is 5.43 Å². The molecule has 1 aromatic rings. The van der Waals surface area contributed by atoms with Gasteiger partial charge in [-0.2, -0.15) is 5.10 Å². The Balaban J connectivity index is 2.29. The van der Waals surface area contributed by atoms with E-state index in [2.05, 4.69) is 29.6 Å². The molecule has 0 radical (unpaired) electrons. The number of nitrogens with zero attached hydrogens (tertiary/aromatic N) is 1. The van der Waals surface area contributed by atoms with E-state index in [9.17, 15) is 0 Å². The number of hydrogen-bond donors (Lipinski definition) is 1. The summed E-state index contributed by atoms with van der Waals surface area (Å²) < 4.78 is 0. The predicted octanol–water partition coefficient (Wildman–Crippen LogP) is 2.17. The summed E-state index contributed by atoms with van der Waals surface area (Å²) in [6, 6.07) is 10.2. The Morgan fingerprint density at radius 3 is 2.75 bits per heavy atom. The van der Waals surface area contributed by atoms with Crippen molar-refractivity contribution in [1.29, 1.82) is 0 Å². The molecule has 2 heteroatoms. The molecule has 0 heterocycles. The molecule has 1 rings (SSSR count). The molecule has 0 bridgehead atoms. The van der Waals surface area contributed by atoms with E-state index >= 15 is 0 Å². The lowest BCUT2D eigenvalue weighted by Gasteiger charge is -1.98. The van der Waals surface area contributed by atoms with Gasteiger partial charge in [-0.05, 0) is 12.0 Å². The van der Waals surface area contributed by atoms with E-state index in [1.54, 1.807) is 0 Å². The summed E-state index contributed by atoms with van der Waals surface area (Å²) in [6.07, 6.45) is 2.84. The Kier molecular flexibility index (Phi) is 3.92. The summed E-state index contributed by atoms with van der Waals surface area (Å²) in [6.45, 7) is 2.87. The molecule has 0 saturated carbocycles. The topological polar surface area (TPSA) is 24.4 Å². The van der Waals surface area contributed by atoms with Crippen LogP contribution in [0.2, 0.25) is 0 Å². The van der Waals surface area contributed by atoms with Crippen LogP contribution in [0.3, 0.4) is 0 Å². The largest absolute Gasteiger partial charge is 0.306 e. The van der Waals surface area contributed by atoms with Crippen molar-refractivity contribution in [3.8, 4) is 0 Å². The Morgan fingerprint density at radius 2 is 2.08 bits per heavy atom. The summed E-state index contributed by atoms with van der Waals surface area (Å²) >= 11 is 0. The summed E-state index contributed by atoms with van der Waals surface area (Å²) in [7, 11) is 0. The fourth-order valence-corrected chi connectivity index (χ4v) is 0.889. The third-order valence-corrected chi connectivity index (χ3v) is 1.49. The maximum Gasteiger partial charge on any atom is 0.0579 e. The number of benzene rings is 1. The minimum Gasteiger partial charge on any atom is -0.306 e. The first-order chi connectivity index (χ1) is 5.93. The van der Waals surface area contributed by atoms with Crippen LogP contribution >= 0.6 is 0 Å². The van der Waals surface area contributed by atoms with Crippen LogP contribution in [0.4, 0.5) is 0 Å². The summed E-state index contributed by atoms with van der Waals surface area (Å²) in [5.41, 5.74) is 4.23. The van der Waals surface area contributed by atoms with E-state index in [1.807, 2.05) is 24.4 Å². The Morgan fingerprint density at radius 1 is 1.33 bits per heavy atom. The lowest BCUT2D eigenvalue weighted by atomic mass is 10.2. The van der Waals surface area contributed by atoms with Crippen LogP contribution in [0, 0.1) is 0 Å². The molecule has 0 aromatic heterocycles. The highest BCUT2D eigenvalue weighted by molar-refractivity contribution is 5.55. The molecule has 0 aliphatic heterocycles. The Labute approximate surface area is 73.3 Å². The molecular formula is C10H14N2. The van der Waals surface area contributed by atoms with Gasteiger partial charge in [0.05, 0.1) is 6.54 Å². The highest BCUT2D eigenvalue weighted by atomic mass is 15.3. The normalized spacial score (nSPS) is 10.4. The second-order valence-corrected chi connectivity index (χ2v) is 2.54. The van der Waals surface area contributed by atoms with Crippen molar-refractivity contribution in [2.75, 3.05) is 0 Å². The first-order valence-corrected chi connectivity index (χ1v) is 4.21. The number of hydrazone groups is 1. The van der Waals surface area contributed by atoms with Gasteiger partial charge in [0.1, 0.15) is 0 Å². The zero-order chi connectivity index (χ0) is 8.65. The van der Waals surface area contributed by atoms with Crippen molar-refractivity contribution in [3.05, 3.63) is 35.9 Å². The van der Waals surface area contributed by atoms with E-state index in [-0.39, 0.29) is 0 Å². The van der Waals surface area contributed by atoms with Gasteiger partial charge in [-0.1, -0.05) is 37.3 Å². The third-order valence-electron chi connectivity index (χ3n) is 1.49. The number of hydrogen-bond acceptors (Lipinski definition) is 2. The van der Waals surface area contributed by atoms with E-state index in [0.29, 0.717) is 0 Å². The van der Waals surface area contributed by atoms with Crippen molar-refractivity contribution in [2.45, 2.75) is 19.9 Å².